The fraction of sp³-hybridized carbons (Fsp3) is 0.0600. The van der Waals surface area contributed by atoms with Crippen LogP contribution in [0.25, 0.3) is 88.8 Å². The molecular weight excluding hydrogens is 643 g/mol. The number of nitrogens with zero attached hydrogens (tertiary/aromatic N) is 3. The molecule has 0 unspecified atom stereocenters. The third-order valence-electron chi connectivity index (χ3n) is 11.0. The highest BCUT2D eigenvalue weighted by Gasteiger charge is 2.36. The molecule has 2 aromatic heterocycles. The van der Waals surface area contributed by atoms with Crippen LogP contribution < -0.4 is 0 Å². The molecule has 10 rings (SSSR count). The molecular formula is C50H35N3. The molecule has 3 nitrogen and oxygen atoms in total. The van der Waals surface area contributed by atoms with Crippen LogP contribution in [0.15, 0.2) is 176 Å². The lowest BCUT2D eigenvalue weighted by Gasteiger charge is -2.22. The monoisotopic (exact) mass is 677 g/mol. The maximum absolute atomic E-state index is 5.24. The summed E-state index contributed by atoms with van der Waals surface area (Å²) >= 11 is 0. The molecule has 0 spiro atoms. The fourth-order valence-corrected chi connectivity index (χ4v) is 8.19. The lowest BCUT2D eigenvalue weighted by atomic mass is 9.81. The van der Waals surface area contributed by atoms with Crippen molar-refractivity contribution in [1.29, 1.82) is 0 Å². The standard InChI is InChI=1S/C50H35N3/c1-50(2)45-25-22-37(28-43(45)44-27-35-13-6-7-14-36(35)29-46(44)50)39-23-24-42(41-17-9-8-16-40(39)41)49-52-47(33-11-4-3-5-12-33)30-48(53-49)34-20-18-32(19-21-34)38-15-10-26-51-31-38/h3-31H,1-2H3. The molecule has 7 aromatic carbocycles. The van der Waals surface area contributed by atoms with Gasteiger partial charge in [0.25, 0.3) is 0 Å². The van der Waals surface area contributed by atoms with Crippen molar-refractivity contribution in [2.75, 3.05) is 0 Å². The molecule has 9 aromatic rings. The minimum absolute atomic E-state index is 0.0724. The second kappa shape index (κ2) is 12.2. The lowest BCUT2D eigenvalue weighted by molar-refractivity contribution is 0.661. The van der Waals surface area contributed by atoms with E-state index in [1.54, 1.807) is 6.20 Å². The summed E-state index contributed by atoms with van der Waals surface area (Å²) in [4.78, 5) is 14.8. The van der Waals surface area contributed by atoms with E-state index in [2.05, 4.69) is 170 Å². The van der Waals surface area contributed by atoms with E-state index in [4.69, 9.17) is 9.97 Å². The van der Waals surface area contributed by atoms with Crippen molar-refractivity contribution in [3.63, 3.8) is 0 Å². The molecule has 2 heterocycles. The van der Waals surface area contributed by atoms with Gasteiger partial charge in [0.1, 0.15) is 0 Å². The van der Waals surface area contributed by atoms with Gasteiger partial charge in [-0.25, -0.2) is 9.97 Å². The van der Waals surface area contributed by atoms with Crippen molar-refractivity contribution in [3.05, 3.63) is 187 Å². The number of hydrogen-bond donors (Lipinski definition) is 0. The van der Waals surface area contributed by atoms with Crippen molar-refractivity contribution < 1.29 is 0 Å². The Hall–Kier alpha value is -6.71. The van der Waals surface area contributed by atoms with E-state index in [0.29, 0.717) is 5.82 Å². The molecule has 0 atom stereocenters. The summed E-state index contributed by atoms with van der Waals surface area (Å²) in [6.07, 6.45) is 3.69. The number of rotatable bonds is 5. The van der Waals surface area contributed by atoms with Crippen LogP contribution in [0.4, 0.5) is 0 Å². The minimum Gasteiger partial charge on any atom is -0.264 e. The predicted molar refractivity (Wildman–Crippen MR) is 220 cm³/mol. The van der Waals surface area contributed by atoms with Gasteiger partial charge in [-0.05, 0) is 102 Å². The topological polar surface area (TPSA) is 38.7 Å². The first-order valence-electron chi connectivity index (χ1n) is 18.2. The van der Waals surface area contributed by atoms with Crippen LogP contribution in [-0.2, 0) is 5.41 Å². The second-order valence-electron chi connectivity index (χ2n) is 14.5. The van der Waals surface area contributed by atoms with Crippen LogP contribution in [0.3, 0.4) is 0 Å². The number of pyridine rings is 1. The summed E-state index contributed by atoms with van der Waals surface area (Å²) in [5.41, 5.74) is 14.8. The van der Waals surface area contributed by atoms with Crippen LogP contribution in [0, 0.1) is 0 Å². The van der Waals surface area contributed by atoms with Crippen molar-refractivity contribution >= 4 is 21.5 Å². The zero-order valence-electron chi connectivity index (χ0n) is 29.6. The normalized spacial score (nSPS) is 12.9. The minimum atomic E-state index is -0.0724. The third kappa shape index (κ3) is 5.24. The first-order valence-corrected chi connectivity index (χ1v) is 18.2. The van der Waals surface area contributed by atoms with Crippen molar-refractivity contribution in [2.24, 2.45) is 0 Å². The van der Waals surface area contributed by atoms with E-state index < -0.39 is 0 Å². The molecule has 250 valence electrons. The first kappa shape index (κ1) is 31.1. The lowest BCUT2D eigenvalue weighted by Crippen LogP contribution is -2.14. The molecule has 0 saturated heterocycles. The molecule has 0 radical (unpaired) electrons. The van der Waals surface area contributed by atoms with Gasteiger partial charge in [0, 0.05) is 34.5 Å². The molecule has 0 saturated carbocycles. The van der Waals surface area contributed by atoms with E-state index in [1.807, 2.05) is 18.3 Å². The Morgan fingerprint density at radius 1 is 0.396 bits per heavy atom. The van der Waals surface area contributed by atoms with Crippen LogP contribution in [0.1, 0.15) is 25.0 Å². The highest BCUT2D eigenvalue weighted by atomic mass is 14.9. The van der Waals surface area contributed by atoms with E-state index in [-0.39, 0.29) is 5.41 Å². The molecule has 0 bridgehead atoms. The van der Waals surface area contributed by atoms with Crippen molar-refractivity contribution in [2.45, 2.75) is 19.3 Å². The van der Waals surface area contributed by atoms with Gasteiger partial charge < -0.3 is 0 Å². The van der Waals surface area contributed by atoms with Gasteiger partial charge in [-0.2, -0.15) is 0 Å². The highest BCUT2D eigenvalue weighted by molar-refractivity contribution is 6.05. The Labute approximate surface area is 309 Å². The molecule has 53 heavy (non-hydrogen) atoms. The van der Waals surface area contributed by atoms with E-state index in [9.17, 15) is 0 Å². The Morgan fingerprint density at radius 2 is 0.981 bits per heavy atom. The summed E-state index contributed by atoms with van der Waals surface area (Å²) in [6, 6.07) is 58.7. The summed E-state index contributed by atoms with van der Waals surface area (Å²) < 4.78 is 0. The van der Waals surface area contributed by atoms with Crippen molar-refractivity contribution in [1.82, 2.24) is 15.0 Å². The summed E-state index contributed by atoms with van der Waals surface area (Å²) in [6.45, 7) is 4.70. The number of benzene rings is 7. The van der Waals surface area contributed by atoms with E-state index >= 15 is 0 Å². The number of hydrogen-bond acceptors (Lipinski definition) is 3. The van der Waals surface area contributed by atoms with E-state index in [0.717, 1.165) is 44.6 Å². The summed E-state index contributed by atoms with van der Waals surface area (Å²) in [7, 11) is 0. The third-order valence-corrected chi connectivity index (χ3v) is 11.0. The van der Waals surface area contributed by atoms with Gasteiger partial charge in [0.05, 0.1) is 11.4 Å². The quantitative estimate of drug-likeness (QED) is 0.182. The molecule has 0 fully saturated rings. The van der Waals surface area contributed by atoms with Gasteiger partial charge in [-0.15, -0.1) is 0 Å². The molecule has 0 aliphatic heterocycles. The maximum Gasteiger partial charge on any atom is 0.161 e. The van der Waals surface area contributed by atoms with Gasteiger partial charge in [-0.3, -0.25) is 4.98 Å². The summed E-state index contributed by atoms with van der Waals surface area (Å²) in [5, 5.41) is 4.87. The summed E-state index contributed by atoms with van der Waals surface area (Å²) in [5.74, 6) is 0.706. The zero-order valence-corrected chi connectivity index (χ0v) is 29.6. The zero-order chi connectivity index (χ0) is 35.5. The predicted octanol–water partition coefficient (Wildman–Crippen LogP) is 12.8. The Kier molecular flexibility index (Phi) is 7.16. The second-order valence-corrected chi connectivity index (χ2v) is 14.5. The maximum atomic E-state index is 5.24. The Bertz CT molecular complexity index is 2840. The molecule has 0 N–H and O–H groups in total. The van der Waals surface area contributed by atoms with Crippen LogP contribution in [-0.4, -0.2) is 15.0 Å². The van der Waals surface area contributed by atoms with Crippen LogP contribution in [0.5, 0.6) is 0 Å². The average Bonchev–Trinajstić information content (AvgIpc) is 3.44. The smallest absolute Gasteiger partial charge is 0.161 e. The van der Waals surface area contributed by atoms with Crippen molar-refractivity contribution in [3.8, 4) is 67.3 Å². The van der Waals surface area contributed by atoms with Gasteiger partial charge in [-0.1, -0.05) is 141 Å². The number of aromatic nitrogens is 3. The van der Waals surface area contributed by atoms with Gasteiger partial charge >= 0.3 is 0 Å². The number of fused-ring (bicyclic) bond motifs is 5. The van der Waals surface area contributed by atoms with E-state index in [1.165, 1.54) is 49.5 Å². The Morgan fingerprint density at radius 3 is 1.72 bits per heavy atom. The first-order chi connectivity index (χ1) is 26.0. The van der Waals surface area contributed by atoms with Gasteiger partial charge in [0.2, 0.25) is 0 Å². The van der Waals surface area contributed by atoms with Crippen LogP contribution in [0.2, 0.25) is 0 Å². The largest absolute Gasteiger partial charge is 0.264 e. The molecule has 1 aliphatic carbocycles. The molecule has 1 aliphatic rings. The Balaban J connectivity index is 1.11. The SMILES string of the molecule is CC1(C)c2ccc(-c3ccc(-c4nc(-c5ccccc5)cc(-c5ccc(-c6cccnc6)cc5)n4)c4ccccc34)cc2-c2cc3ccccc3cc21. The highest BCUT2D eigenvalue weighted by Crippen LogP contribution is 2.51. The molecule has 3 heteroatoms. The molecule has 0 amide bonds. The average molecular weight is 678 g/mol. The fourth-order valence-electron chi connectivity index (χ4n) is 8.19. The van der Waals surface area contributed by atoms with Crippen LogP contribution >= 0.6 is 0 Å². The van der Waals surface area contributed by atoms with Gasteiger partial charge in [0.15, 0.2) is 5.82 Å².